The average molecular weight is 425 g/mol. The Kier molecular flexibility index (Phi) is 25.4. The molecule has 8 nitrogen and oxygen atoms in total. The topological polar surface area (TPSA) is 84.8 Å². The quantitative estimate of drug-likeness (QED) is 0.223. The fourth-order valence-electron chi connectivity index (χ4n) is 2.12. The highest BCUT2D eigenvalue weighted by Gasteiger charge is 2.07. The van der Waals surface area contributed by atoms with Crippen molar-refractivity contribution >= 4 is 0 Å². The molecule has 0 saturated heterocycles. The normalized spacial score (nSPS) is 12.5. The Labute approximate surface area is 177 Å². The van der Waals surface area contributed by atoms with E-state index in [4.69, 9.17) is 33.2 Å². The summed E-state index contributed by atoms with van der Waals surface area (Å²) in [5, 5.41) is 9.32. The lowest BCUT2D eigenvalue weighted by atomic mass is 10.4. The third-order valence-corrected chi connectivity index (χ3v) is 3.86. The van der Waals surface area contributed by atoms with Crippen LogP contribution in [0.3, 0.4) is 0 Å². The highest BCUT2D eigenvalue weighted by Crippen LogP contribution is 1.94. The van der Waals surface area contributed by atoms with Crippen molar-refractivity contribution in [3.05, 3.63) is 0 Å². The molecule has 0 aromatic rings. The van der Waals surface area contributed by atoms with E-state index in [1.54, 1.807) is 0 Å². The third-order valence-electron chi connectivity index (χ3n) is 3.86. The molecule has 1 unspecified atom stereocenters. The first-order chi connectivity index (χ1) is 14.3. The zero-order valence-electron chi connectivity index (χ0n) is 18.6. The van der Waals surface area contributed by atoms with Crippen molar-refractivity contribution in [2.45, 2.75) is 45.6 Å². The summed E-state index contributed by atoms with van der Waals surface area (Å²) in [6.45, 7) is 11.4. The minimum Gasteiger partial charge on any atom is -0.394 e. The third kappa shape index (κ3) is 23.8. The summed E-state index contributed by atoms with van der Waals surface area (Å²) in [4.78, 5) is 0. The van der Waals surface area contributed by atoms with E-state index < -0.39 is 0 Å². The van der Waals surface area contributed by atoms with Crippen LogP contribution in [0.2, 0.25) is 0 Å². The SMILES string of the molecule is CCCCOCCOCCOCCOC(CO)COCCOCCOCCCC. The number of ether oxygens (including phenoxy) is 7. The van der Waals surface area contributed by atoms with E-state index in [2.05, 4.69) is 13.8 Å². The number of hydrogen-bond donors (Lipinski definition) is 1. The summed E-state index contributed by atoms with van der Waals surface area (Å²) < 4.78 is 38.1. The van der Waals surface area contributed by atoms with E-state index in [1.165, 1.54) is 0 Å². The van der Waals surface area contributed by atoms with Crippen molar-refractivity contribution in [3.8, 4) is 0 Å². The zero-order valence-corrected chi connectivity index (χ0v) is 18.6. The second kappa shape index (κ2) is 25.7. The predicted molar refractivity (Wildman–Crippen MR) is 112 cm³/mol. The van der Waals surface area contributed by atoms with Gasteiger partial charge in [-0.15, -0.1) is 0 Å². The number of hydrogen-bond acceptors (Lipinski definition) is 8. The van der Waals surface area contributed by atoms with Gasteiger partial charge in [0.15, 0.2) is 0 Å². The maximum absolute atomic E-state index is 9.32. The Hall–Kier alpha value is -0.320. The Morgan fingerprint density at radius 1 is 0.517 bits per heavy atom. The van der Waals surface area contributed by atoms with Crippen LogP contribution in [0.1, 0.15) is 39.5 Å². The summed E-state index contributed by atoms with van der Waals surface area (Å²) >= 11 is 0. The minimum absolute atomic E-state index is 0.0900. The Bertz CT molecular complexity index is 294. The highest BCUT2D eigenvalue weighted by atomic mass is 16.6. The Balaban J connectivity index is 3.27. The summed E-state index contributed by atoms with van der Waals surface area (Å²) in [5.74, 6) is 0. The van der Waals surface area contributed by atoms with Crippen molar-refractivity contribution < 1.29 is 38.3 Å². The van der Waals surface area contributed by atoms with Gasteiger partial charge < -0.3 is 38.3 Å². The van der Waals surface area contributed by atoms with Gasteiger partial charge in [0, 0.05) is 13.2 Å². The van der Waals surface area contributed by atoms with Crippen LogP contribution < -0.4 is 0 Å². The first-order valence-electron chi connectivity index (χ1n) is 11.0. The molecule has 176 valence electrons. The number of unbranched alkanes of at least 4 members (excludes halogenated alkanes) is 2. The van der Waals surface area contributed by atoms with Gasteiger partial charge in [-0.1, -0.05) is 26.7 Å². The number of aliphatic hydroxyl groups excluding tert-OH is 1. The Morgan fingerprint density at radius 2 is 0.897 bits per heavy atom. The molecule has 0 rings (SSSR count). The molecule has 0 heterocycles. The molecule has 29 heavy (non-hydrogen) atoms. The monoisotopic (exact) mass is 424 g/mol. The van der Waals surface area contributed by atoms with E-state index in [-0.39, 0.29) is 12.7 Å². The van der Waals surface area contributed by atoms with E-state index in [0.29, 0.717) is 72.7 Å². The summed E-state index contributed by atoms with van der Waals surface area (Å²) in [6.07, 6.45) is 4.10. The molecule has 0 bridgehead atoms. The molecule has 1 N–H and O–H groups in total. The van der Waals surface area contributed by atoms with Crippen LogP contribution in [0.25, 0.3) is 0 Å². The van der Waals surface area contributed by atoms with Gasteiger partial charge in [0.2, 0.25) is 0 Å². The molecule has 0 aliphatic rings. The molecule has 0 fully saturated rings. The van der Waals surface area contributed by atoms with Gasteiger partial charge in [-0.25, -0.2) is 0 Å². The van der Waals surface area contributed by atoms with E-state index in [9.17, 15) is 5.11 Å². The van der Waals surface area contributed by atoms with Gasteiger partial charge in [-0.3, -0.25) is 0 Å². The minimum atomic E-state index is -0.354. The molecule has 0 aromatic heterocycles. The zero-order chi connectivity index (χ0) is 21.3. The van der Waals surface area contributed by atoms with E-state index in [0.717, 1.165) is 38.9 Å². The maximum Gasteiger partial charge on any atom is 0.104 e. The van der Waals surface area contributed by atoms with E-state index in [1.807, 2.05) is 0 Å². The molecule has 1 atom stereocenters. The van der Waals surface area contributed by atoms with Crippen molar-refractivity contribution in [2.24, 2.45) is 0 Å². The second-order valence-corrected chi connectivity index (χ2v) is 6.52. The van der Waals surface area contributed by atoms with Gasteiger partial charge in [0.05, 0.1) is 79.3 Å². The summed E-state index contributed by atoms with van der Waals surface area (Å²) in [5.41, 5.74) is 0. The fraction of sp³-hybridized carbons (Fsp3) is 1.00. The van der Waals surface area contributed by atoms with Crippen LogP contribution in [0.5, 0.6) is 0 Å². The molecule has 0 spiro atoms. The van der Waals surface area contributed by atoms with Crippen LogP contribution >= 0.6 is 0 Å². The van der Waals surface area contributed by atoms with E-state index >= 15 is 0 Å². The Morgan fingerprint density at radius 3 is 1.31 bits per heavy atom. The predicted octanol–water partition coefficient (Wildman–Crippen LogP) is 2.06. The molecular weight excluding hydrogens is 380 g/mol. The van der Waals surface area contributed by atoms with Gasteiger partial charge in [-0.2, -0.15) is 0 Å². The largest absolute Gasteiger partial charge is 0.394 e. The molecule has 0 aliphatic carbocycles. The highest BCUT2D eigenvalue weighted by molar-refractivity contribution is 4.53. The molecule has 0 amide bonds. The van der Waals surface area contributed by atoms with Gasteiger partial charge in [0.25, 0.3) is 0 Å². The summed E-state index contributed by atoms with van der Waals surface area (Å²) in [7, 11) is 0. The number of rotatable bonds is 25. The average Bonchev–Trinajstić information content (AvgIpc) is 2.74. The van der Waals surface area contributed by atoms with Crippen LogP contribution in [0.4, 0.5) is 0 Å². The molecule has 0 radical (unpaired) electrons. The van der Waals surface area contributed by atoms with Crippen molar-refractivity contribution in [3.63, 3.8) is 0 Å². The number of aliphatic hydroxyl groups is 1. The van der Waals surface area contributed by atoms with Gasteiger partial charge in [-0.05, 0) is 12.8 Å². The molecule has 0 saturated carbocycles. The fourth-order valence-corrected chi connectivity index (χ4v) is 2.12. The van der Waals surface area contributed by atoms with Crippen LogP contribution in [0.15, 0.2) is 0 Å². The summed E-state index contributed by atoms with van der Waals surface area (Å²) in [6, 6.07) is 0. The van der Waals surface area contributed by atoms with Gasteiger partial charge in [0.1, 0.15) is 6.10 Å². The van der Waals surface area contributed by atoms with Crippen molar-refractivity contribution in [1.82, 2.24) is 0 Å². The molecule has 0 aliphatic heterocycles. The smallest absolute Gasteiger partial charge is 0.104 e. The first kappa shape index (κ1) is 28.7. The lowest BCUT2D eigenvalue weighted by molar-refractivity contribution is -0.0706. The lowest BCUT2D eigenvalue weighted by Gasteiger charge is -2.16. The van der Waals surface area contributed by atoms with Crippen LogP contribution in [0, 0.1) is 0 Å². The maximum atomic E-state index is 9.32. The van der Waals surface area contributed by atoms with Crippen LogP contribution in [-0.2, 0) is 33.2 Å². The lowest BCUT2D eigenvalue weighted by Crippen LogP contribution is -2.27. The van der Waals surface area contributed by atoms with Crippen LogP contribution in [-0.4, -0.2) is 104 Å². The second-order valence-electron chi connectivity index (χ2n) is 6.52. The molecule has 8 heteroatoms. The first-order valence-corrected chi connectivity index (χ1v) is 11.0. The van der Waals surface area contributed by atoms with Crippen molar-refractivity contribution in [2.75, 3.05) is 92.5 Å². The van der Waals surface area contributed by atoms with Gasteiger partial charge >= 0.3 is 0 Å². The standard InChI is InChI=1S/C21H44O8/c1-3-5-7-23-9-11-25-13-14-27-17-18-29-21(19-22)20-28-16-15-26-12-10-24-8-6-4-2/h21-22H,3-20H2,1-2H3. The molecular formula is C21H44O8. The molecule has 0 aromatic carbocycles. The van der Waals surface area contributed by atoms with Crippen molar-refractivity contribution in [1.29, 1.82) is 0 Å².